The molecule has 0 saturated heterocycles. The normalized spacial score (nSPS) is 12.0. The van der Waals surface area contributed by atoms with Gasteiger partial charge in [-0.15, -0.1) is 0 Å². The minimum absolute atomic E-state index is 0.160. The second-order valence-electron chi connectivity index (χ2n) is 6.29. The number of carbonyl (C=O) groups excluding carboxylic acids is 1. The van der Waals surface area contributed by atoms with Crippen LogP contribution in [0.4, 0.5) is 13.2 Å². The first kappa shape index (κ1) is 21.5. The Balaban J connectivity index is 1.54. The zero-order valence-electron chi connectivity index (χ0n) is 15.4. The first-order valence-corrected chi connectivity index (χ1v) is 10.2. The zero-order chi connectivity index (χ0) is 21.8. The lowest BCUT2D eigenvalue weighted by atomic mass is 10.1. The molecule has 0 saturated carbocycles. The van der Waals surface area contributed by atoms with E-state index in [4.69, 9.17) is 0 Å². The third kappa shape index (κ3) is 5.45. The fraction of sp³-hybridized carbons (Fsp3) is 0.158. The number of alkyl halides is 3. The molecule has 0 unspecified atom stereocenters. The molecule has 0 aliphatic heterocycles. The fourth-order valence-corrected chi connectivity index (χ4v) is 3.59. The Labute approximate surface area is 170 Å². The van der Waals surface area contributed by atoms with Crippen molar-refractivity contribution in [3.63, 3.8) is 0 Å². The van der Waals surface area contributed by atoms with Crippen LogP contribution in [0.25, 0.3) is 11.3 Å². The van der Waals surface area contributed by atoms with Crippen molar-refractivity contribution >= 4 is 15.9 Å². The van der Waals surface area contributed by atoms with Crippen molar-refractivity contribution in [2.24, 2.45) is 0 Å². The largest absolute Gasteiger partial charge is 0.416 e. The number of hydrogen-bond acceptors (Lipinski definition) is 4. The number of H-pyrrole nitrogens is 1. The molecule has 2 aromatic carbocycles. The summed E-state index contributed by atoms with van der Waals surface area (Å²) in [5.41, 5.74) is 1.45. The lowest BCUT2D eigenvalue weighted by molar-refractivity contribution is -0.137. The summed E-state index contributed by atoms with van der Waals surface area (Å²) in [6, 6.07) is 12.4. The van der Waals surface area contributed by atoms with E-state index < -0.39 is 39.1 Å². The number of amides is 1. The summed E-state index contributed by atoms with van der Waals surface area (Å²) < 4.78 is 64.6. The van der Waals surface area contributed by atoms with E-state index in [1.165, 1.54) is 0 Å². The fourth-order valence-electron chi connectivity index (χ4n) is 2.57. The molecule has 0 aliphatic rings. The Hall–Kier alpha value is -3.18. The number of nitrogens with one attached hydrogen (secondary N) is 3. The molecule has 0 spiro atoms. The predicted octanol–water partition coefficient (Wildman–Crippen LogP) is 2.69. The highest BCUT2D eigenvalue weighted by Gasteiger charge is 2.31. The van der Waals surface area contributed by atoms with E-state index in [9.17, 15) is 26.4 Å². The average molecular weight is 438 g/mol. The molecule has 158 valence electrons. The minimum Gasteiger partial charge on any atom is -0.351 e. The Morgan fingerprint density at radius 1 is 1.07 bits per heavy atom. The Morgan fingerprint density at radius 3 is 2.43 bits per heavy atom. The summed E-state index contributed by atoms with van der Waals surface area (Å²) in [5, 5.41) is 9.24. The van der Waals surface area contributed by atoms with Gasteiger partial charge in [-0.1, -0.05) is 30.3 Å². The van der Waals surface area contributed by atoms with Gasteiger partial charge in [-0.2, -0.15) is 18.3 Å². The summed E-state index contributed by atoms with van der Waals surface area (Å²) in [4.78, 5) is 11.4. The molecule has 0 radical (unpaired) electrons. The second-order valence-corrected chi connectivity index (χ2v) is 8.06. The highest BCUT2D eigenvalue weighted by molar-refractivity contribution is 7.89. The molecular formula is C19H17F3N4O3S. The minimum atomic E-state index is -4.67. The number of nitrogens with zero attached hydrogens (tertiary/aromatic N) is 1. The van der Waals surface area contributed by atoms with Crippen LogP contribution in [0.1, 0.15) is 11.1 Å². The molecule has 0 fully saturated rings. The van der Waals surface area contributed by atoms with E-state index >= 15 is 0 Å². The zero-order valence-corrected chi connectivity index (χ0v) is 16.2. The molecule has 1 aromatic heterocycles. The van der Waals surface area contributed by atoms with Gasteiger partial charge < -0.3 is 5.32 Å². The Morgan fingerprint density at radius 2 is 1.80 bits per heavy atom. The van der Waals surface area contributed by atoms with E-state index in [1.807, 2.05) is 22.9 Å². The van der Waals surface area contributed by atoms with E-state index in [1.54, 1.807) is 18.3 Å². The van der Waals surface area contributed by atoms with Crippen molar-refractivity contribution in [3.05, 3.63) is 71.9 Å². The summed E-state index contributed by atoms with van der Waals surface area (Å²) in [6.45, 7) is -0.446. The lowest BCUT2D eigenvalue weighted by Crippen LogP contribution is -2.36. The van der Waals surface area contributed by atoms with Crippen LogP contribution in [0, 0.1) is 0 Å². The third-order valence-electron chi connectivity index (χ3n) is 4.15. The number of carbonyl (C=O) groups is 1. The smallest absolute Gasteiger partial charge is 0.351 e. The van der Waals surface area contributed by atoms with Crippen LogP contribution in [-0.4, -0.2) is 31.1 Å². The van der Waals surface area contributed by atoms with Crippen LogP contribution >= 0.6 is 0 Å². The van der Waals surface area contributed by atoms with Crippen molar-refractivity contribution in [1.29, 1.82) is 0 Å². The van der Waals surface area contributed by atoms with Crippen LogP contribution in [0.3, 0.4) is 0 Å². The van der Waals surface area contributed by atoms with Crippen molar-refractivity contribution in [2.75, 3.05) is 6.54 Å². The number of aromatic amines is 1. The number of benzene rings is 2. The highest BCUT2D eigenvalue weighted by Crippen LogP contribution is 2.30. The molecule has 0 atom stereocenters. The SMILES string of the molecule is O=C(CNS(=O)(=O)c1cccc(C(F)(F)F)c1)NCc1ccc(-c2ccn[nH]2)cc1. The molecule has 0 aliphatic carbocycles. The average Bonchev–Trinajstić information content (AvgIpc) is 3.25. The second kappa shape index (κ2) is 8.67. The Bertz CT molecular complexity index is 1110. The summed E-state index contributed by atoms with van der Waals surface area (Å²) in [6.07, 6.45) is -3.04. The van der Waals surface area contributed by atoms with Crippen LogP contribution < -0.4 is 10.0 Å². The molecule has 1 heterocycles. The molecule has 1 amide bonds. The summed E-state index contributed by atoms with van der Waals surface area (Å²) >= 11 is 0. The van der Waals surface area contributed by atoms with Crippen molar-refractivity contribution in [3.8, 4) is 11.3 Å². The number of aromatic nitrogens is 2. The van der Waals surface area contributed by atoms with Gasteiger partial charge in [0.15, 0.2) is 0 Å². The maximum Gasteiger partial charge on any atom is 0.416 e. The molecule has 3 aromatic rings. The maximum absolute atomic E-state index is 12.8. The third-order valence-corrected chi connectivity index (χ3v) is 5.55. The quantitative estimate of drug-likeness (QED) is 0.528. The maximum atomic E-state index is 12.8. The van der Waals surface area contributed by atoms with Crippen molar-refractivity contribution < 1.29 is 26.4 Å². The first-order chi connectivity index (χ1) is 14.1. The van der Waals surface area contributed by atoms with Gasteiger partial charge in [0.2, 0.25) is 15.9 Å². The molecular weight excluding hydrogens is 421 g/mol. The van der Waals surface area contributed by atoms with Crippen molar-refractivity contribution in [2.45, 2.75) is 17.6 Å². The molecule has 3 N–H and O–H groups in total. The molecule has 11 heteroatoms. The molecule has 7 nitrogen and oxygen atoms in total. The highest BCUT2D eigenvalue weighted by atomic mass is 32.2. The van der Waals surface area contributed by atoms with Crippen LogP contribution in [-0.2, 0) is 27.5 Å². The Kier molecular flexibility index (Phi) is 6.22. The van der Waals surface area contributed by atoms with Crippen LogP contribution in [0.2, 0.25) is 0 Å². The monoisotopic (exact) mass is 438 g/mol. The summed E-state index contributed by atoms with van der Waals surface area (Å²) in [5.74, 6) is -0.622. The van der Waals surface area contributed by atoms with Gasteiger partial charge in [0, 0.05) is 12.7 Å². The number of halogens is 3. The predicted molar refractivity (Wildman–Crippen MR) is 103 cm³/mol. The molecule has 3 rings (SSSR count). The number of hydrogen-bond donors (Lipinski definition) is 3. The molecule has 0 bridgehead atoms. The van der Waals surface area contributed by atoms with E-state index in [0.717, 1.165) is 35.0 Å². The lowest BCUT2D eigenvalue weighted by Gasteiger charge is -2.11. The molecule has 30 heavy (non-hydrogen) atoms. The van der Waals surface area contributed by atoms with Gasteiger partial charge in [0.25, 0.3) is 0 Å². The van der Waals surface area contributed by atoms with E-state index in [0.29, 0.717) is 6.07 Å². The van der Waals surface area contributed by atoms with E-state index in [-0.39, 0.29) is 6.54 Å². The number of rotatable bonds is 7. The van der Waals surface area contributed by atoms with Gasteiger partial charge in [-0.05, 0) is 35.4 Å². The van der Waals surface area contributed by atoms with Gasteiger partial charge in [-0.25, -0.2) is 13.1 Å². The van der Waals surface area contributed by atoms with Crippen LogP contribution in [0.5, 0.6) is 0 Å². The topological polar surface area (TPSA) is 104 Å². The standard InChI is InChI=1S/C19H17F3N4O3S/c20-19(21,22)15-2-1-3-16(10-15)30(28,29)25-12-18(27)23-11-13-4-6-14(7-5-13)17-8-9-24-26-17/h1-10,25H,11-12H2,(H,23,27)(H,24,26). The van der Waals surface area contributed by atoms with E-state index in [2.05, 4.69) is 15.5 Å². The van der Waals surface area contributed by atoms with Crippen LogP contribution in [0.15, 0.2) is 65.7 Å². The summed E-state index contributed by atoms with van der Waals surface area (Å²) in [7, 11) is -4.27. The first-order valence-electron chi connectivity index (χ1n) is 8.67. The van der Waals surface area contributed by atoms with Gasteiger partial charge in [-0.3, -0.25) is 9.89 Å². The van der Waals surface area contributed by atoms with Gasteiger partial charge in [0.1, 0.15) is 0 Å². The number of sulfonamides is 1. The van der Waals surface area contributed by atoms with Crippen molar-refractivity contribution in [1.82, 2.24) is 20.2 Å². The van der Waals surface area contributed by atoms with Gasteiger partial charge >= 0.3 is 6.18 Å². The van der Waals surface area contributed by atoms with Gasteiger partial charge in [0.05, 0.1) is 22.7 Å².